The van der Waals surface area contributed by atoms with Crippen LogP contribution in [-0.2, 0) is 19.1 Å². The van der Waals surface area contributed by atoms with Gasteiger partial charge in [-0.1, -0.05) is 55.4 Å². The molecule has 0 bridgehead atoms. The van der Waals surface area contributed by atoms with E-state index >= 15 is 0 Å². The Morgan fingerprint density at radius 2 is 1.04 bits per heavy atom. The third-order valence-electron chi connectivity index (χ3n) is 3.99. The van der Waals surface area contributed by atoms with Crippen molar-refractivity contribution in [1.82, 2.24) is 0 Å². The average Bonchev–Trinajstić information content (AvgIpc) is 2.41. The van der Waals surface area contributed by atoms with Crippen molar-refractivity contribution in [3.63, 3.8) is 0 Å². The molecule has 0 aromatic rings. The van der Waals surface area contributed by atoms with Crippen LogP contribution in [0.15, 0.2) is 12.2 Å². The van der Waals surface area contributed by atoms with Crippen LogP contribution in [0.1, 0.15) is 81.1 Å². The van der Waals surface area contributed by atoms with Gasteiger partial charge in [-0.05, 0) is 48.3 Å². The van der Waals surface area contributed by atoms with Gasteiger partial charge >= 0.3 is 11.9 Å². The summed E-state index contributed by atoms with van der Waals surface area (Å²) in [7, 11) is 0. The zero-order valence-corrected chi connectivity index (χ0v) is 18.2. The molecular weight excluding hydrogens is 328 g/mol. The molecule has 4 nitrogen and oxygen atoms in total. The van der Waals surface area contributed by atoms with Gasteiger partial charge in [0.15, 0.2) is 0 Å². The van der Waals surface area contributed by atoms with Crippen LogP contribution in [0.25, 0.3) is 0 Å². The van der Waals surface area contributed by atoms with Crippen molar-refractivity contribution < 1.29 is 19.1 Å². The summed E-state index contributed by atoms with van der Waals surface area (Å²) < 4.78 is 10.3. The second-order valence-corrected chi connectivity index (χ2v) is 9.99. The smallest absolute Gasteiger partial charge is 0.331 e. The van der Waals surface area contributed by atoms with Gasteiger partial charge in [0, 0.05) is 12.2 Å². The molecule has 26 heavy (non-hydrogen) atoms. The third-order valence-corrected chi connectivity index (χ3v) is 3.99. The average molecular weight is 369 g/mol. The highest BCUT2D eigenvalue weighted by Gasteiger charge is 2.16. The zero-order valence-electron chi connectivity index (χ0n) is 18.2. The van der Waals surface area contributed by atoms with Gasteiger partial charge in [0.1, 0.15) is 0 Å². The minimum absolute atomic E-state index is 0.275. The van der Waals surface area contributed by atoms with E-state index in [1.165, 1.54) is 0 Å². The molecule has 0 N–H and O–H groups in total. The molecule has 0 radical (unpaired) electrons. The Labute approximate surface area is 160 Å². The lowest BCUT2D eigenvalue weighted by molar-refractivity contribution is -0.140. The Morgan fingerprint density at radius 1 is 0.731 bits per heavy atom. The Kier molecular flexibility index (Phi) is 10.8. The summed E-state index contributed by atoms with van der Waals surface area (Å²) in [4.78, 5) is 23.3. The van der Waals surface area contributed by atoms with Gasteiger partial charge in [-0.3, -0.25) is 0 Å². The van der Waals surface area contributed by atoms with E-state index in [1.54, 1.807) is 0 Å². The van der Waals surface area contributed by atoms with Crippen molar-refractivity contribution in [2.75, 3.05) is 13.2 Å². The van der Waals surface area contributed by atoms with Gasteiger partial charge in [0.05, 0.1) is 13.2 Å². The topological polar surface area (TPSA) is 52.6 Å². The normalized spacial score (nSPS) is 14.9. The van der Waals surface area contributed by atoms with Gasteiger partial charge in [-0.15, -0.1) is 0 Å². The van der Waals surface area contributed by atoms with Crippen LogP contribution in [-0.4, -0.2) is 25.2 Å². The van der Waals surface area contributed by atoms with Gasteiger partial charge in [-0.2, -0.15) is 0 Å². The lowest BCUT2D eigenvalue weighted by Crippen LogP contribution is -2.14. The summed E-state index contributed by atoms with van der Waals surface area (Å²) in [6.07, 6.45) is 6.12. The Hall–Kier alpha value is -1.32. The van der Waals surface area contributed by atoms with Crippen LogP contribution >= 0.6 is 0 Å². The van der Waals surface area contributed by atoms with Gasteiger partial charge in [0.2, 0.25) is 0 Å². The van der Waals surface area contributed by atoms with Gasteiger partial charge in [0.25, 0.3) is 0 Å². The zero-order chi connectivity index (χ0) is 20.4. The Balaban J connectivity index is 3.94. The van der Waals surface area contributed by atoms with Gasteiger partial charge in [-0.25, -0.2) is 9.59 Å². The van der Waals surface area contributed by atoms with Crippen molar-refractivity contribution in [2.24, 2.45) is 22.7 Å². The van der Waals surface area contributed by atoms with E-state index in [9.17, 15) is 9.59 Å². The van der Waals surface area contributed by atoms with Crippen molar-refractivity contribution in [3.8, 4) is 0 Å². The van der Waals surface area contributed by atoms with Gasteiger partial charge < -0.3 is 9.47 Å². The van der Waals surface area contributed by atoms with Crippen LogP contribution in [0.2, 0.25) is 0 Å². The fourth-order valence-corrected chi connectivity index (χ4v) is 3.25. The van der Waals surface area contributed by atoms with Crippen LogP contribution in [0, 0.1) is 22.7 Å². The van der Waals surface area contributed by atoms with Crippen LogP contribution in [0.5, 0.6) is 0 Å². The van der Waals surface area contributed by atoms with E-state index in [-0.39, 0.29) is 10.8 Å². The minimum Gasteiger partial charge on any atom is -0.463 e. The fraction of sp³-hybridized carbons (Fsp3) is 0.818. The van der Waals surface area contributed by atoms with E-state index in [4.69, 9.17) is 9.47 Å². The first-order valence-electron chi connectivity index (χ1n) is 9.80. The number of ether oxygens (including phenoxy) is 2. The maximum absolute atomic E-state index is 11.6. The highest BCUT2D eigenvalue weighted by Crippen LogP contribution is 2.26. The maximum Gasteiger partial charge on any atom is 0.331 e. The quantitative estimate of drug-likeness (QED) is 0.374. The van der Waals surface area contributed by atoms with E-state index < -0.39 is 11.9 Å². The number of hydrogen-bond donors (Lipinski definition) is 0. The van der Waals surface area contributed by atoms with Crippen molar-refractivity contribution in [3.05, 3.63) is 12.2 Å². The third kappa shape index (κ3) is 16.2. The monoisotopic (exact) mass is 368 g/mol. The predicted octanol–water partition coefficient (Wildman–Crippen LogP) is 5.55. The van der Waals surface area contributed by atoms with E-state index in [1.807, 2.05) is 0 Å². The maximum atomic E-state index is 11.6. The molecule has 152 valence electrons. The first-order chi connectivity index (χ1) is 11.8. The lowest BCUT2D eigenvalue weighted by atomic mass is 9.84. The highest BCUT2D eigenvalue weighted by atomic mass is 16.5. The molecule has 0 rings (SSSR count). The summed E-state index contributed by atoms with van der Waals surface area (Å²) in [5, 5.41) is 0. The Bertz CT molecular complexity index is 410. The summed E-state index contributed by atoms with van der Waals surface area (Å²) in [5.41, 5.74) is 0.551. The molecule has 0 unspecified atom stereocenters. The van der Waals surface area contributed by atoms with E-state index in [0.717, 1.165) is 37.8 Å². The minimum atomic E-state index is -0.494. The van der Waals surface area contributed by atoms with E-state index in [2.05, 4.69) is 55.4 Å². The number of esters is 2. The number of hydrogen-bond acceptors (Lipinski definition) is 4. The molecule has 0 aromatic carbocycles. The molecule has 2 atom stereocenters. The summed E-state index contributed by atoms with van der Waals surface area (Å²) in [5.74, 6) is -0.00400. The van der Waals surface area contributed by atoms with Crippen molar-refractivity contribution in [2.45, 2.75) is 81.1 Å². The van der Waals surface area contributed by atoms with Crippen molar-refractivity contribution >= 4 is 11.9 Å². The molecule has 0 saturated carbocycles. The van der Waals surface area contributed by atoms with Crippen LogP contribution < -0.4 is 0 Å². The second kappa shape index (κ2) is 11.4. The SMILES string of the molecule is C[C@H](CCOC(=O)/C=C\C(=O)OCC[C@H](C)CC(C)(C)C)CC(C)(C)C. The fourth-order valence-electron chi connectivity index (χ4n) is 3.25. The molecule has 0 aliphatic rings. The standard InChI is InChI=1S/C22H40O4/c1-17(15-21(3,4)5)11-13-25-19(23)9-10-20(24)26-14-12-18(2)16-22(6,7)8/h9-10,17-18H,11-16H2,1-8H3/b10-9-/t17-,18+. The second-order valence-electron chi connectivity index (χ2n) is 9.99. The highest BCUT2D eigenvalue weighted by molar-refractivity contribution is 5.91. The summed E-state index contributed by atoms with van der Waals surface area (Å²) >= 11 is 0. The Morgan fingerprint density at radius 3 is 1.31 bits per heavy atom. The molecule has 0 heterocycles. The first kappa shape index (κ1) is 24.7. The number of rotatable bonds is 10. The summed E-state index contributed by atoms with van der Waals surface area (Å²) in [6, 6.07) is 0. The van der Waals surface area contributed by atoms with Crippen LogP contribution in [0.3, 0.4) is 0 Å². The van der Waals surface area contributed by atoms with E-state index in [0.29, 0.717) is 25.0 Å². The molecule has 0 aliphatic carbocycles. The first-order valence-corrected chi connectivity index (χ1v) is 9.80. The molecule has 0 saturated heterocycles. The molecule has 0 amide bonds. The molecular formula is C22H40O4. The largest absolute Gasteiger partial charge is 0.463 e. The van der Waals surface area contributed by atoms with Crippen LogP contribution in [0.4, 0.5) is 0 Å². The summed E-state index contributed by atoms with van der Waals surface area (Å²) in [6.45, 7) is 18.3. The molecule has 0 spiro atoms. The number of carbonyl (C=O) groups is 2. The number of carbonyl (C=O) groups excluding carboxylic acids is 2. The molecule has 0 aromatic heterocycles. The molecule has 0 fully saturated rings. The molecule has 0 aliphatic heterocycles. The lowest BCUT2D eigenvalue weighted by Gasteiger charge is -2.23. The molecule has 4 heteroatoms. The predicted molar refractivity (Wildman–Crippen MR) is 107 cm³/mol. The van der Waals surface area contributed by atoms with Crippen molar-refractivity contribution in [1.29, 1.82) is 0 Å².